The molecule has 21 heavy (non-hydrogen) atoms. The third kappa shape index (κ3) is 4.11. The van der Waals surface area contributed by atoms with Crippen LogP contribution >= 0.6 is 11.6 Å². The molecule has 0 atom stereocenters. The molecule has 0 aliphatic heterocycles. The van der Waals surface area contributed by atoms with Gasteiger partial charge in [-0.3, -0.25) is 0 Å². The molecule has 2 aromatic rings. The predicted octanol–water partition coefficient (Wildman–Crippen LogP) is 4.78. The Morgan fingerprint density at radius 3 is 2.38 bits per heavy atom. The Kier molecular flexibility index (Phi) is 4.73. The lowest BCUT2D eigenvalue weighted by molar-refractivity contribution is -0.137. The number of hydrogen-bond acceptors (Lipinski definition) is 2. The van der Waals surface area contributed by atoms with E-state index < -0.39 is 11.7 Å². The van der Waals surface area contributed by atoms with E-state index in [1.807, 2.05) is 37.3 Å². The monoisotopic (exact) mass is 314 g/mol. The summed E-state index contributed by atoms with van der Waals surface area (Å²) in [6.07, 6.45) is -4.44. The van der Waals surface area contributed by atoms with Gasteiger partial charge in [-0.25, -0.2) is 4.98 Å². The Labute approximate surface area is 126 Å². The Bertz CT molecular complexity index is 600. The quantitative estimate of drug-likeness (QED) is 0.755. The first-order valence-electron chi connectivity index (χ1n) is 6.44. The van der Waals surface area contributed by atoms with Crippen molar-refractivity contribution in [3.8, 4) is 0 Å². The van der Waals surface area contributed by atoms with Crippen LogP contribution in [0, 0.1) is 0 Å². The van der Waals surface area contributed by atoms with Crippen molar-refractivity contribution in [1.29, 1.82) is 0 Å². The third-order valence-corrected chi connectivity index (χ3v) is 3.22. The van der Waals surface area contributed by atoms with Crippen LogP contribution in [-0.2, 0) is 12.7 Å². The van der Waals surface area contributed by atoms with E-state index >= 15 is 0 Å². The summed E-state index contributed by atoms with van der Waals surface area (Å²) < 4.78 is 38.5. The molecular formula is C15H14ClF3N2. The molecule has 0 bridgehead atoms. The Balaban J connectivity index is 2.32. The molecule has 0 saturated heterocycles. The summed E-state index contributed by atoms with van der Waals surface area (Å²) in [6, 6.07) is 11.3. The summed E-state index contributed by atoms with van der Waals surface area (Å²) >= 11 is 5.72. The normalized spacial score (nSPS) is 11.5. The topological polar surface area (TPSA) is 16.1 Å². The van der Waals surface area contributed by atoms with Gasteiger partial charge in [0, 0.05) is 13.1 Å². The number of rotatable bonds is 4. The Morgan fingerprint density at radius 2 is 1.81 bits per heavy atom. The van der Waals surface area contributed by atoms with Crippen molar-refractivity contribution in [2.45, 2.75) is 19.6 Å². The zero-order chi connectivity index (χ0) is 15.5. The van der Waals surface area contributed by atoms with Crippen LogP contribution in [0.25, 0.3) is 0 Å². The number of nitrogens with zero attached hydrogens (tertiary/aromatic N) is 2. The highest BCUT2D eigenvalue weighted by molar-refractivity contribution is 6.29. The van der Waals surface area contributed by atoms with Crippen LogP contribution in [0.4, 0.5) is 19.0 Å². The van der Waals surface area contributed by atoms with Crippen LogP contribution < -0.4 is 4.90 Å². The lowest BCUT2D eigenvalue weighted by Crippen LogP contribution is -2.23. The zero-order valence-corrected chi connectivity index (χ0v) is 12.1. The van der Waals surface area contributed by atoms with Crippen molar-refractivity contribution in [2.24, 2.45) is 0 Å². The van der Waals surface area contributed by atoms with Crippen molar-refractivity contribution in [3.05, 3.63) is 58.7 Å². The molecule has 0 saturated carbocycles. The second-order valence-electron chi connectivity index (χ2n) is 4.53. The van der Waals surface area contributed by atoms with Gasteiger partial charge in [-0.05, 0) is 24.6 Å². The lowest BCUT2D eigenvalue weighted by Gasteiger charge is -2.23. The van der Waals surface area contributed by atoms with E-state index in [1.165, 1.54) is 0 Å². The highest BCUT2D eigenvalue weighted by Crippen LogP contribution is 2.33. The van der Waals surface area contributed by atoms with Gasteiger partial charge in [0.05, 0.1) is 5.56 Å². The number of benzene rings is 1. The number of pyridine rings is 1. The fourth-order valence-electron chi connectivity index (χ4n) is 1.97. The molecule has 1 aromatic heterocycles. The molecule has 0 aliphatic rings. The minimum absolute atomic E-state index is 0.161. The van der Waals surface area contributed by atoms with Gasteiger partial charge in [-0.1, -0.05) is 41.9 Å². The Morgan fingerprint density at radius 1 is 1.14 bits per heavy atom. The van der Waals surface area contributed by atoms with E-state index in [0.29, 0.717) is 13.1 Å². The number of anilines is 1. The van der Waals surface area contributed by atoms with Gasteiger partial charge in [0.1, 0.15) is 11.0 Å². The van der Waals surface area contributed by atoms with Crippen molar-refractivity contribution in [2.75, 3.05) is 11.4 Å². The van der Waals surface area contributed by atoms with Gasteiger partial charge in [-0.2, -0.15) is 13.2 Å². The molecule has 1 heterocycles. The molecule has 2 rings (SSSR count). The minimum atomic E-state index is -4.44. The second-order valence-corrected chi connectivity index (χ2v) is 4.92. The van der Waals surface area contributed by atoms with Crippen LogP contribution in [0.5, 0.6) is 0 Å². The summed E-state index contributed by atoms with van der Waals surface area (Å²) in [5.41, 5.74) is 0.207. The highest BCUT2D eigenvalue weighted by atomic mass is 35.5. The maximum absolute atomic E-state index is 12.8. The summed E-state index contributed by atoms with van der Waals surface area (Å²) in [4.78, 5) is 5.75. The lowest BCUT2D eigenvalue weighted by atomic mass is 10.2. The van der Waals surface area contributed by atoms with Crippen molar-refractivity contribution < 1.29 is 13.2 Å². The van der Waals surface area contributed by atoms with E-state index in [1.54, 1.807) is 4.90 Å². The van der Waals surface area contributed by atoms with Crippen LogP contribution in [0.1, 0.15) is 18.1 Å². The van der Waals surface area contributed by atoms with Gasteiger partial charge in [-0.15, -0.1) is 0 Å². The second kappa shape index (κ2) is 6.35. The van der Waals surface area contributed by atoms with E-state index in [0.717, 1.165) is 17.7 Å². The van der Waals surface area contributed by atoms with Gasteiger partial charge in [0.15, 0.2) is 0 Å². The first kappa shape index (κ1) is 15.6. The summed E-state index contributed by atoms with van der Waals surface area (Å²) in [7, 11) is 0. The molecule has 0 fully saturated rings. The average Bonchev–Trinajstić information content (AvgIpc) is 2.44. The molecule has 1 aromatic carbocycles. The van der Waals surface area contributed by atoms with E-state index in [9.17, 15) is 13.2 Å². The molecule has 0 unspecified atom stereocenters. The van der Waals surface area contributed by atoms with E-state index in [4.69, 9.17) is 11.6 Å². The molecule has 0 N–H and O–H groups in total. The van der Waals surface area contributed by atoms with E-state index in [2.05, 4.69) is 4.98 Å². The zero-order valence-electron chi connectivity index (χ0n) is 11.4. The number of hydrogen-bond donors (Lipinski definition) is 0. The highest BCUT2D eigenvalue weighted by Gasteiger charge is 2.32. The van der Waals surface area contributed by atoms with Crippen molar-refractivity contribution >= 4 is 17.4 Å². The van der Waals surface area contributed by atoms with Gasteiger partial charge in [0.25, 0.3) is 0 Å². The maximum Gasteiger partial charge on any atom is 0.416 e. The number of halogens is 4. The molecule has 112 valence electrons. The third-order valence-electron chi connectivity index (χ3n) is 3.03. The van der Waals surface area contributed by atoms with Crippen LogP contribution in [0.3, 0.4) is 0 Å². The van der Waals surface area contributed by atoms with Crippen molar-refractivity contribution in [3.63, 3.8) is 0 Å². The fraction of sp³-hybridized carbons (Fsp3) is 0.267. The van der Waals surface area contributed by atoms with E-state index in [-0.39, 0.29) is 11.0 Å². The SMILES string of the molecule is CCN(Cc1ccccc1)c1cc(C(F)(F)F)cc(Cl)n1. The number of alkyl halides is 3. The van der Waals surface area contributed by atoms with Crippen LogP contribution in [0.15, 0.2) is 42.5 Å². The molecule has 2 nitrogen and oxygen atoms in total. The Hall–Kier alpha value is -1.75. The van der Waals surface area contributed by atoms with Crippen molar-refractivity contribution in [1.82, 2.24) is 4.98 Å². The van der Waals surface area contributed by atoms with Gasteiger partial charge < -0.3 is 4.90 Å². The molecule has 0 aliphatic carbocycles. The van der Waals surface area contributed by atoms with Crippen LogP contribution in [-0.4, -0.2) is 11.5 Å². The molecule has 0 radical (unpaired) electrons. The fourth-order valence-corrected chi connectivity index (χ4v) is 2.17. The summed E-state index contributed by atoms with van der Waals surface area (Å²) in [6.45, 7) is 2.86. The smallest absolute Gasteiger partial charge is 0.353 e. The molecular weight excluding hydrogens is 301 g/mol. The van der Waals surface area contributed by atoms with Crippen LogP contribution in [0.2, 0.25) is 5.15 Å². The van der Waals surface area contributed by atoms with Gasteiger partial charge in [0.2, 0.25) is 0 Å². The largest absolute Gasteiger partial charge is 0.416 e. The average molecular weight is 315 g/mol. The molecule has 0 spiro atoms. The first-order chi connectivity index (χ1) is 9.90. The molecule has 6 heteroatoms. The summed E-state index contributed by atoms with van der Waals surface area (Å²) in [5.74, 6) is 0.223. The number of aromatic nitrogens is 1. The first-order valence-corrected chi connectivity index (χ1v) is 6.81. The minimum Gasteiger partial charge on any atom is -0.353 e. The molecule has 0 amide bonds. The predicted molar refractivity (Wildman–Crippen MR) is 77.4 cm³/mol. The maximum atomic E-state index is 12.8. The summed E-state index contributed by atoms with van der Waals surface area (Å²) in [5, 5.41) is -0.161. The van der Waals surface area contributed by atoms with Gasteiger partial charge >= 0.3 is 6.18 Å². The standard InChI is InChI=1S/C15H14ClF3N2/c1-2-21(10-11-6-4-3-5-7-11)14-9-12(15(17,18)19)8-13(16)20-14/h3-9H,2,10H2,1H3.